The van der Waals surface area contributed by atoms with Gasteiger partial charge in [0.2, 0.25) is 5.13 Å². The fourth-order valence-electron chi connectivity index (χ4n) is 3.34. The number of benzene rings is 1. The second-order valence-corrected chi connectivity index (χ2v) is 8.44. The number of piperazine rings is 1. The summed E-state index contributed by atoms with van der Waals surface area (Å²) in [7, 11) is 0. The standard InChI is InChI=1S/C19H22N6S2/c1-15-3-2-4-16(13-15)21-18-22-25(19(26)27-18)14-23-9-11-24(12-10-23)17-5-7-20-8-6-17/h2-8,13H,9-12,14H2,1H3,(H,21,22)/p+2. The zero-order valence-electron chi connectivity index (χ0n) is 15.3. The van der Waals surface area contributed by atoms with Gasteiger partial charge in [0.05, 0.1) is 26.2 Å². The van der Waals surface area contributed by atoms with E-state index in [0.717, 1.165) is 47.6 Å². The quantitative estimate of drug-likeness (QED) is 0.643. The zero-order valence-corrected chi connectivity index (χ0v) is 16.9. The van der Waals surface area contributed by atoms with E-state index in [1.165, 1.54) is 27.5 Å². The summed E-state index contributed by atoms with van der Waals surface area (Å²) >= 11 is 7.06. The molecule has 8 heteroatoms. The van der Waals surface area contributed by atoms with Gasteiger partial charge in [-0.05, 0) is 36.8 Å². The number of aromatic nitrogens is 3. The maximum absolute atomic E-state index is 5.53. The second-order valence-electron chi connectivity index (χ2n) is 6.82. The van der Waals surface area contributed by atoms with E-state index in [1.54, 1.807) is 0 Å². The lowest BCUT2D eigenvalue weighted by Gasteiger charge is -2.33. The van der Waals surface area contributed by atoms with Crippen molar-refractivity contribution in [1.82, 2.24) is 9.78 Å². The molecular formula is C19H24N6S2+2. The minimum atomic E-state index is 0.818. The molecule has 1 aliphatic heterocycles. The number of pyridine rings is 1. The number of nitrogens with one attached hydrogen (secondary N) is 3. The first-order valence-electron chi connectivity index (χ1n) is 9.14. The monoisotopic (exact) mass is 400 g/mol. The number of aromatic amines is 1. The molecule has 27 heavy (non-hydrogen) atoms. The van der Waals surface area contributed by atoms with Gasteiger partial charge in [0.15, 0.2) is 23.0 Å². The third kappa shape index (κ3) is 4.52. The van der Waals surface area contributed by atoms with Crippen molar-refractivity contribution in [2.45, 2.75) is 13.6 Å². The summed E-state index contributed by atoms with van der Waals surface area (Å²) in [4.78, 5) is 7.03. The predicted molar refractivity (Wildman–Crippen MR) is 111 cm³/mol. The van der Waals surface area contributed by atoms with Crippen LogP contribution in [0.1, 0.15) is 5.56 Å². The number of hydrogen-bond acceptors (Lipinski definition) is 5. The van der Waals surface area contributed by atoms with Crippen LogP contribution in [-0.2, 0) is 6.67 Å². The SMILES string of the molecule is Cc1cccc(Nc2nn(C[NH+]3CCN(c4cc[nH+]cc4)CC3)c(=S)s2)c1. The maximum Gasteiger partial charge on any atom is 0.209 e. The third-order valence-electron chi connectivity index (χ3n) is 4.79. The number of anilines is 3. The molecule has 1 aromatic carbocycles. The summed E-state index contributed by atoms with van der Waals surface area (Å²) < 4.78 is 2.78. The van der Waals surface area contributed by atoms with Crippen LogP contribution < -0.4 is 20.1 Å². The molecule has 0 radical (unpaired) electrons. The van der Waals surface area contributed by atoms with E-state index in [1.807, 2.05) is 29.2 Å². The number of nitrogens with zero attached hydrogens (tertiary/aromatic N) is 3. The van der Waals surface area contributed by atoms with Crippen molar-refractivity contribution in [3.63, 3.8) is 0 Å². The van der Waals surface area contributed by atoms with Gasteiger partial charge in [-0.2, -0.15) is 4.68 Å². The van der Waals surface area contributed by atoms with Crippen molar-refractivity contribution in [3.8, 4) is 0 Å². The Kier molecular flexibility index (Phi) is 5.47. The van der Waals surface area contributed by atoms with Gasteiger partial charge in [0, 0.05) is 23.5 Å². The Morgan fingerprint density at radius 2 is 2.00 bits per heavy atom. The van der Waals surface area contributed by atoms with Crippen molar-refractivity contribution in [2.24, 2.45) is 0 Å². The van der Waals surface area contributed by atoms with E-state index in [9.17, 15) is 0 Å². The fourth-order valence-corrected chi connectivity index (χ4v) is 4.37. The average molecular weight is 401 g/mol. The van der Waals surface area contributed by atoms with Crippen molar-refractivity contribution < 1.29 is 9.88 Å². The van der Waals surface area contributed by atoms with Crippen LogP contribution in [0, 0.1) is 10.9 Å². The van der Waals surface area contributed by atoms with E-state index in [-0.39, 0.29) is 0 Å². The van der Waals surface area contributed by atoms with E-state index in [4.69, 9.17) is 12.2 Å². The Morgan fingerprint density at radius 1 is 1.22 bits per heavy atom. The first-order chi connectivity index (χ1) is 13.2. The van der Waals surface area contributed by atoms with Gasteiger partial charge in [-0.25, -0.2) is 4.98 Å². The van der Waals surface area contributed by atoms with Gasteiger partial charge in [0.25, 0.3) is 0 Å². The van der Waals surface area contributed by atoms with Crippen LogP contribution >= 0.6 is 23.6 Å². The molecule has 2 aromatic heterocycles. The Labute approximate surface area is 168 Å². The Hall–Kier alpha value is -2.29. The first kappa shape index (κ1) is 18.1. The molecule has 0 aliphatic carbocycles. The molecule has 3 heterocycles. The van der Waals surface area contributed by atoms with Crippen LogP contribution in [0.2, 0.25) is 0 Å². The second kappa shape index (κ2) is 8.16. The van der Waals surface area contributed by atoms with E-state index in [2.05, 4.69) is 51.5 Å². The van der Waals surface area contributed by atoms with Crippen LogP contribution in [0.4, 0.5) is 16.5 Å². The Bertz CT molecular complexity index is 944. The highest BCUT2D eigenvalue weighted by atomic mass is 32.1. The zero-order chi connectivity index (χ0) is 18.6. The van der Waals surface area contributed by atoms with Gasteiger partial charge >= 0.3 is 0 Å². The maximum atomic E-state index is 5.53. The van der Waals surface area contributed by atoms with Gasteiger partial charge in [-0.1, -0.05) is 23.5 Å². The summed E-state index contributed by atoms with van der Waals surface area (Å²) in [6.45, 7) is 7.16. The molecule has 1 fully saturated rings. The molecule has 0 unspecified atom stereocenters. The minimum absolute atomic E-state index is 0.818. The van der Waals surface area contributed by atoms with Gasteiger partial charge < -0.3 is 15.1 Å². The van der Waals surface area contributed by atoms with Gasteiger partial charge in [-0.15, -0.1) is 5.10 Å². The lowest BCUT2D eigenvalue weighted by molar-refractivity contribution is -0.924. The van der Waals surface area contributed by atoms with Crippen LogP contribution in [-0.4, -0.2) is 36.0 Å². The lowest BCUT2D eigenvalue weighted by atomic mass is 10.2. The summed E-state index contributed by atoms with van der Waals surface area (Å²) in [6, 6.07) is 12.6. The molecule has 1 saturated heterocycles. The van der Waals surface area contributed by atoms with Crippen molar-refractivity contribution in [3.05, 3.63) is 58.3 Å². The summed E-state index contributed by atoms with van der Waals surface area (Å²) in [5.41, 5.74) is 3.55. The number of hydrogen-bond donors (Lipinski definition) is 2. The third-order valence-corrected chi connectivity index (χ3v) is 6.01. The van der Waals surface area contributed by atoms with Crippen LogP contribution in [0.3, 0.4) is 0 Å². The van der Waals surface area contributed by atoms with Crippen molar-refractivity contribution in [2.75, 3.05) is 36.4 Å². The Morgan fingerprint density at radius 3 is 2.74 bits per heavy atom. The largest absolute Gasteiger partial charge is 0.360 e. The minimum Gasteiger partial charge on any atom is -0.360 e. The highest BCUT2D eigenvalue weighted by Crippen LogP contribution is 2.20. The molecule has 3 aromatic rings. The van der Waals surface area contributed by atoms with Crippen molar-refractivity contribution >= 4 is 40.1 Å². The number of aryl methyl sites for hydroxylation is 1. The molecule has 0 bridgehead atoms. The number of H-pyrrole nitrogens is 1. The van der Waals surface area contributed by atoms with Crippen LogP contribution in [0.25, 0.3) is 0 Å². The molecule has 4 rings (SSSR count). The molecule has 0 amide bonds. The lowest BCUT2D eigenvalue weighted by Crippen LogP contribution is -3.14. The molecule has 0 spiro atoms. The molecular weight excluding hydrogens is 376 g/mol. The topological polar surface area (TPSA) is 51.7 Å². The molecule has 0 atom stereocenters. The van der Waals surface area contributed by atoms with Crippen LogP contribution in [0.5, 0.6) is 0 Å². The molecule has 140 valence electrons. The van der Waals surface area contributed by atoms with Crippen LogP contribution in [0.15, 0.2) is 48.8 Å². The highest BCUT2D eigenvalue weighted by molar-refractivity contribution is 7.73. The fraction of sp³-hybridized carbons (Fsp3) is 0.316. The predicted octanol–water partition coefficient (Wildman–Crippen LogP) is 1.90. The van der Waals surface area contributed by atoms with Crippen molar-refractivity contribution in [1.29, 1.82) is 0 Å². The summed E-state index contributed by atoms with van der Waals surface area (Å²) in [6.07, 6.45) is 3.96. The molecule has 1 aliphatic rings. The smallest absolute Gasteiger partial charge is 0.209 e. The number of quaternary nitrogens is 1. The van der Waals surface area contributed by atoms with E-state index >= 15 is 0 Å². The number of rotatable bonds is 5. The molecule has 0 saturated carbocycles. The van der Waals surface area contributed by atoms with Gasteiger partial charge in [-0.3, -0.25) is 0 Å². The van der Waals surface area contributed by atoms with E-state index in [0.29, 0.717) is 0 Å². The average Bonchev–Trinajstić information content (AvgIpc) is 3.02. The summed E-state index contributed by atoms with van der Waals surface area (Å²) in [5, 5.41) is 8.91. The summed E-state index contributed by atoms with van der Waals surface area (Å²) in [5.74, 6) is 0. The van der Waals surface area contributed by atoms with E-state index < -0.39 is 0 Å². The Balaban J connectivity index is 1.36. The highest BCUT2D eigenvalue weighted by Gasteiger charge is 2.21. The molecule has 6 nitrogen and oxygen atoms in total. The molecule has 3 N–H and O–H groups in total. The normalized spacial score (nSPS) is 15.1. The van der Waals surface area contributed by atoms with Gasteiger partial charge in [0.1, 0.15) is 0 Å². The first-order valence-corrected chi connectivity index (χ1v) is 10.4.